The SMILES string of the molecule is CCC(N)C(C)S(=O)(=O)c1ccc(F)cc1. The van der Waals surface area contributed by atoms with Gasteiger partial charge in [0.1, 0.15) is 5.82 Å². The minimum absolute atomic E-state index is 0.116. The number of halogens is 1. The van der Waals surface area contributed by atoms with E-state index in [1.807, 2.05) is 6.92 Å². The molecule has 1 aromatic carbocycles. The summed E-state index contributed by atoms with van der Waals surface area (Å²) in [5.41, 5.74) is 5.72. The highest BCUT2D eigenvalue weighted by Crippen LogP contribution is 2.18. The molecule has 2 atom stereocenters. The van der Waals surface area contributed by atoms with Crippen molar-refractivity contribution in [2.24, 2.45) is 5.73 Å². The summed E-state index contributed by atoms with van der Waals surface area (Å²) in [7, 11) is -3.46. The van der Waals surface area contributed by atoms with Gasteiger partial charge in [-0.25, -0.2) is 12.8 Å². The Kier molecular flexibility index (Phi) is 4.04. The van der Waals surface area contributed by atoms with Crippen molar-refractivity contribution in [3.63, 3.8) is 0 Å². The predicted octanol–water partition coefficient (Wildman–Crippen LogP) is 1.73. The lowest BCUT2D eigenvalue weighted by atomic mass is 10.2. The van der Waals surface area contributed by atoms with Gasteiger partial charge in [-0.2, -0.15) is 0 Å². The van der Waals surface area contributed by atoms with E-state index in [1.54, 1.807) is 6.92 Å². The average Bonchev–Trinajstić information content (AvgIpc) is 2.27. The van der Waals surface area contributed by atoms with E-state index >= 15 is 0 Å². The highest BCUT2D eigenvalue weighted by Gasteiger charge is 2.27. The van der Waals surface area contributed by atoms with Crippen molar-refractivity contribution in [3.8, 4) is 0 Å². The zero-order valence-electron chi connectivity index (χ0n) is 9.35. The summed E-state index contributed by atoms with van der Waals surface area (Å²) >= 11 is 0. The molecule has 0 saturated carbocycles. The van der Waals surface area contributed by atoms with Crippen molar-refractivity contribution < 1.29 is 12.8 Å². The maximum atomic E-state index is 12.7. The van der Waals surface area contributed by atoms with Crippen LogP contribution in [0.2, 0.25) is 0 Å². The molecule has 0 heterocycles. The molecule has 0 spiro atoms. The molecule has 0 aliphatic carbocycles. The van der Waals surface area contributed by atoms with Gasteiger partial charge in [0.25, 0.3) is 0 Å². The Hall–Kier alpha value is -0.940. The number of benzene rings is 1. The number of rotatable bonds is 4. The molecule has 3 nitrogen and oxygen atoms in total. The van der Waals surface area contributed by atoms with Crippen molar-refractivity contribution in [3.05, 3.63) is 30.1 Å². The summed E-state index contributed by atoms with van der Waals surface area (Å²) in [6.45, 7) is 3.41. The lowest BCUT2D eigenvalue weighted by Crippen LogP contribution is -2.37. The van der Waals surface area contributed by atoms with Gasteiger partial charge in [0.2, 0.25) is 0 Å². The maximum Gasteiger partial charge on any atom is 0.182 e. The van der Waals surface area contributed by atoms with E-state index in [1.165, 1.54) is 12.1 Å². The normalized spacial score (nSPS) is 15.8. The Morgan fingerprint density at radius 3 is 2.25 bits per heavy atom. The maximum absolute atomic E-state index is 12.7. The zero-order chi connectivity index (χ0) is 12.3. The van der Waals surface area contributed by atoms with Crippen LogP contribution in [0, 0.1) is 5.82 Å². The first-order chi connectivity index (χ1) is 7.39. The molecule has 0 bridgehead atoms. The van der Waals surface area contributed by atoms with E-state index < -0.39 is 26.9 Å². The third kappa shape index (κ3) is 2.59. The second-order valence-electron chi connectivity index (χ2n) is 3.78. The summed E-state index contributed by atoms with van der Waals surface area (Å²) in [6, 6.07) is 4.40. The van der Waals surface area contributed by atoms with Crippen molar-refractivity contribution in [2.45, 2.75) is 36.5 Å². The Balaban J connectivity index is 3.07. The first-order valence-corrected chi connectivity index (χ1v) is 6.69. The van der Waals surface area contributed by atoms with Crippen molar-refractivity contribution in [1.82, 2.24) is 0 Å². The van der Waals surface area contributed by atoms with E-state index in [0.717, 1.165) is 12.1 Å². The van der Waals surface area contributed by atoms with E-state index in [9.17, 15) is 12.8 Å². The van der Waals surface area contributed by atoms with E-state index in [0.29, 0.717) is 6.42 Å². The fourth-order valence-corrected chi connectivity index (χ4v) is 3.00. The third-order valence-electron chi connectivity index (χ3n) is 2.71. The Morgan fingerprint density at radius 1 is 1.31 bits per heavy atom. The molecular formula is C11H16FNO2S. The van der Waals surface area contributed by atoms with Gasteiger partial charge in [0.15, 0.2) is 9.84 Å². The second-order valence-corrected chi connectivity index (χ2v) is 6.08. The highest BCUT2D eigenvalue weighted by molar-refractivity contribution is 7.92. The van der Waals surface area contributed by atoms with Crippen LogP contribution in [0.3, 0.4) is 0 Å². The zero-order valence-corrected chi connectivity index (χ0v) is 10.2. The summed E-state index contributed by atoms with van der Waals surface area (Å²) in [5, 5.41) is -0.664. The molecular weight excluding hydrogens is 229 g/mol. The summed E-state index contributed by atoms with van der Waals surface area (Å²) in [4.78, 5) is 0.116. The molecule has 2 unspecified atom stereocenters. The van der Waals surface area contributed by atoms with E-state index in [4.69, 9.17) is 5.73 Å². The summed E-state index contributed by atoms with van der Waals surface area (Å²) in [5.74, 6) is -0.452. The topological polar surface area (TPSA) is 60.2 Å². The van der Waals surface area contributed by atoms with Crippen molar-refractivity contribution in [1.29, 1.82) is 0 Å². The van der Waals surface area contributed by atoms with Crippen LogP contribution in [-0.4, -0.2) is 19.7 Å². The molecule has 0 fully saturated rings. The van der Waals surface area contributed by atoms with Crippen molar-refractivity contribution >= 4 is 9.84 Å². The van der Waals surface area contributed by atoms with Gasteiger partial charge >= 0.3 is 0 Å². The fourth-order valence-electron chi connectivity index (χ4n) is 1.40. The Bertz CT molecular complexity index is 442. The van der Waals surface area contributed by atoms with Crippen LogP contribution < -0.4 is 5.73 Å². The molecule has 0 aliphatic heterocycles. The number of hydrogen-bond donors (Lipinski definition) is 1. The minimum atomic E-state index is -3.46. The second kappa shape index (κ2) is 4.93. The monoisotopic (exact) mass is 245 g/mol. The van der Waals surface area contributed by atoms with Gasteiger partial charge < -0.3 is 5.73 Å². The summed E-state index contributed by atoms with van der Waals surface area (Å²) < 4.78 is 36.8. The molecule has 16 heavy (non-hydrogen) atoms. The molecule has 1 rings (SSSR count). The van der Waals surface area contributed by atoms with Gasteiger partial charge in [-0.3, -0.25) is 0 Å². The molecule has 0 aromatic heterocycles. The molecule has 0 radical (unpaired) electrons. The lowest BCUT2D eigenvalue weighted by molar-refractivity contribution is 0.551. The van der Waals surface area contributed by atoms with Crippen LogP contribution in [0.25, 0.3) is 0 Å². The molecule has 0 saturated heterocycles. The first kappa shape index (κ1) is 13.1. The molecule has 90 valence electrons. The highest BCUT2D eigenvalue weighted by atomic mass is 32.2. The van der Waals surface area contributed by atoms with Crippen LogP contribution >= 0.6 is 0 Å². The molecule has 5 heteroatoms. The average molecular weight is 245 g/mol. The van der Waals surface area contributed by atoms with Crippen LogP contribution in [0.1, 0.15) is 20.3 Å². The molecule has 2 N–H and O–H groups in total. The Labute approximate surface area is 95.4 Å². The van der Waals surface area contributed by atoms with Gasteiger partial charge in [-0.15, -0.1) is 0 Å². The van der Waals surface area contributed by atoms with E-state index in [2.05, 4.69) is 0 Å². The van der Waals surface area contributed by atoms with E-state index in [-0.39, 0.29) is 4.90 Å². The molecule has 0 aliphatic rings. The smallest absolute Gasteiger partial charge is 0.182 e. The third-order valence-corrected chi connectivity index (χ3v) is 4.96. The largest absolute Gasteiger partial charge is 0.327 e. The van der Waals surface area contributed by atoms with Crippen LogP contribution in [0.15, 0.2) is 29.2 Å². The van der Waals surface area contributed by atoms with Crippen LogP contribution in [0.5, 0.6) is 0 Å². The van der Waals surface area contributed by atoms with Crippen LogP contribution in [0.4, 0.5) is 4.39 Å². The molecule has 0 amide bonds. The standard InChI is InChI=1S/C11H16FNO2S/c1-3-11(13)8(2)16(14,15)10-6-4-9(12)5-7-10/h4-8,11H,3,13H2,1-2H3. The minimum Gasteiger partial charge on any atom is -0.327 e. The lowest BCUT2D eigenvalue weighted by Gasteiger charge is -2.18. The van der Waals surface area contributed by atoms with Gasteiger partial charge in [0, 0.05) is 6.04 Å². The van der Waals surface area contributed by atoms with Crippen molar-refractivity contribution in [2.75, 3.05) is 0 Å². The Morgan fingerprint density at radius 2 is 1.81 bits per heavy atom. The van der Waals surface area contributed by atoms with Gasteiger partial charge in [-0.1, -0.05) is 6.92 Å². The number of hydrogen-bond acceptors (Lipinski definition) is 3. The fraction of sp³-hybridized carbons (Fsp3) is 0.455. The number of nitrogens with two attached hydrogens (primary N) is 1. The van der Waals surface area contributed by atoms with Gasteiger partial charge in [0.05, 0.1) is 10.1 Å². The molecule has 1 aromatic rings. The van der Waals surface area contributed by atoms with Crippen LogP contribution in [-0.2, 0) is 9.84 Å². The quantitative estimate of drug-likeness (QED) is 0.822. The van der Waals surface area contributed by atoms with Gasteiger partial charge in [-0.05, 0) is 37.6 Å². The summed E-state index contributed by atoms with van der Waals surface area (Å²) in [6.07, 6.45) is 0.585. The first-order valence-electron chi connectivity index (χ1n) is 5.14. The number of sulfone groups is 1. The predicted molar refractivity (Wildman–Crippen MR) is 61.3 cm³/mol.